The molecule has 0 aliphatic carbocycles. The number of sulfonamides is 1. The van der Waals surface area contributed by atoms with Crippen LogP contribution < -0.4 is 10.0 Å². The van der Waals surface area contributed by atoms with E-state index in [1.165, 1.54) is 31.2 Å². The third-order valence-corrected chi connectivity index (χ3v) is 5.85. The normalized spacial score (nSPS) is 11.2. The van der Waals surface area contributed by atoms with Crippen molar-refractivity contribution in [3.05, 3.63) is 65.2 Å². The van der Waals surface area contributed by atoms with Crippen LogP contribution in [0.4, 0.5) is 5.82 Å². The quantitative estimate of drug-likeness (QED) is 0.459. The third-order valence-electron chi connectivity index (χ3n) is 4.37. The van der Waals surface area contributed by atoms with Gasteiger partial charge in [-0.25, -0.2) is 18.1 Å². The number of anilines is 1. The minimum Gasteiger partial charge on any atom is -0.368 e. The van der Waals surface area contributed by atoms with Crippen LogP contribution in [0.15, 0.2) is 53.4 Å². The van der Waals surface area contributed by atoms with Gasteiger partial charge in [0.2, 0.25) is 10.0 Å². The first-order chi connectivity index (χ1) is 13.8. The predicted octanol–water partition coefficient (Wildman–Crippen LogP) is 3.01. The second-order valence-corrected chi connectivity index (χ2v) is 8.36. The number of carbonyl (C=O) groups is 1. The topological polar surface area (TPSA) is 112 Å². The number of pyridine rings is 1. The molecule has 0 saturated carbocycles. The maximum absolute atomic E-state index is 12.4. The molecule has 0 atom stereocenters. The van der Waals surface area contributed by atoms with Gasteiger partial charge in [-0.15, -0.1) is 0 Å². The van der Waals surface area contributed by atoms with Gasteiger partial charge in [0.05, 0.1) is 16.0 Å². The number of fused-ring (bicyclic) bond motifs is 1. The summed E-state index contributed by atoms with van der Waals surface area (Å²) in [6, 6.07) is 15.4. The molecule has 0 unspecified atom stereocenters. The molecule has 0 aliphatic heterocycles. The Morgan fingerprint density at radius 1 is 1.10 bits per heavy atom. The smallest absolute Gasteiger partial charge is 0.240 e. The molecule has 1 heterocycles. The first-order valence-electron chi connectivity index (χ1n) is 8.96. The summed E-state index contributed by atoms with van der Waals surface area (Å²) in [6.07, 6.45) is 0. The van der Waals surface area contributed by atoms with Crippen LogP contribution in [0.2, 0.25) is 0 Å². The Labute approximate surface area is 169 Å². The second kappa shape index (κ2) is 8.39. The Morgan fingerprint density at radius 3 is 2.48 bits per heavy atom. The fourth-order valence-electron chi connectivity index (χ4n) is 2.83. The van der Waals surface area contributed by atoms with E-state index in [2.05, 4.69) is 21.1 Å². The molecular formula is C21H20N4O3S. The highest BCUT2D eigenvalue weighted by atomic mass is 32.2. The molecule has 148 valence electrons. The van der Waals surface area contributed by atoms with Crippen molar-refractivity contribution in [2.24, 2.45) is 0 Å². The number of aryl methyl sites for hydroxylation is 1. The fraction of sp³-hybridized carbons (Fsp3) is 0.190. The van der Waals surface area contributed by atoms with Gasteiger partial charge in [0.1, 0.15) is 11.9 Å². The molecule has 0 radical (unpaired) electrons. The molecular weight excluding hydrogens is 388 g/mol. The fourth-order valence-corrected chi connectivity index (χ4v) is 3.87. The number of nitriles is 1. The zero-order valence-electron chi connectivity index (χ0n) is 16.1. The molecule has 0 bridgehead atoms. The largest absolute Gasteiger partial charge is 0.368 e. The third kappa shape index (κ3) is 4.77. The first kappa shape index (κ1) is 20.5. The van der Waals surface area contributed by atoms with Gasteiger partial charge in [0, 0.05) is 24.0 Å². The molecule has 29 heavy (non-hydrogen) atoms. The van der Waals surface area contributed by atoms with Crippen LogP contribution >= 0.6 is 0 Å². The number of carbonyl (C=O) groups excluding carboxylic acids is 1. The van der Waals surface area contributed by atoms with Crippen molar-refractivity contribution in [3.8, 4) is 6.07 Å². The summed E-state index contributed by atoms with van der Waals surface area (Å²) in [7, 11) is -3.70. The Kier molecular flexibility index (Phi) is 5.92. The van der Waals surface area contributed by atoms with Crippen molar-refractivity contribution >= 4 is 32.5 Å². The van der Waals surface area contributed by atoms with Crippen LogP contribution in [0.3, 0.4) is 0 Å². The number of hydrogen-bond acceptors (Lipinski definition) is 6. The molecule has 0 saturated heterocycles. The molecule has 0 aliphatic rings. The van der Waals surface area contributed by atoms with E-state index in [0.717, 1.165) is 16.5 Å². The lowest BCUT2D eigenvalue weighted by Gasteiger charge is -2.11. The number of nitrogens with zero attached hydrogens (tertiary/aromatic N) is 2. The van der Waals surface area contributed by atoms with Gasteiger partial charge >= 0.3 is 0 Å². The molecule has 0 amide bonds. The van der Waals surface area contributed by atoms with Gasteiger partial charge in [-0.3, -0.25) is 4.79 Å². The standard InChI is InChI=1S/C21H20N4O3S/c1-14-3-8-20-17(11-14)12-18(13-22)21(25-20)23-9-10-24-29(27,28)19-6-4-16(5-7-19)15(2)26/h3-8,11-12,24H,9-10H2,1-2H3,(H,23,25). The van der Waals surface area contributed by atoms with Gasteiger partial charge in [-0.2, -0.15) is 5.26 Å². The van der Waals surface area contributed by atoms with Crippen LogP contribution in [0.1, 0.15) is 28.4 Å². The lowest BCUT2D eigenvalue weighted by molar-refractivity contribution is 0.101. The summed E-state index contributed by atoms with van der Waals surface area (Å²) in [5, 5.41) is 13.3. The average Bonchev–Trinajstić information content (AvgIpc) is 2.70. The van der Waals surface area contributed by atoms with Crippen molar-refractivity contribution in [3.63, 3.8) is 0 Å². The molecule has 7 nitrogen and oxygen atoms in total. The Balaban J connectivity index is 1.66. The highest BCUT2D eigenvalue weighted by molar-refractivity contribution is 7.89. The maximum atomic E-state index is 12.4. The molecule has 1 aromatic heterocycles. The van der Waals surface area contributed by atoms with Crippen molar-refractivity contribution in [1.82, 2.24) is 9.71 Å². The van der Waals surface area contributed by atoms with Gasteiger partial charge in [-0.1, -0.05) is 23.8 Å². The summed E-state index contributed by atoms with van der Waals surface area (Å²) >= 11 is 0. The van der Waals surface area contributed by atoms with Crippen molar-refractivity contribution in [1.29, 1.82) is 5.26 Å². The molecule has 8 heteroatoms. The minimum absolute atomic E-state index is 0.0828. The van der Waals surface area contributed by atoms with Crippen LogP contribution in [0.25, 0.3) is 10.9 Å². The Hall–Kier alpha value is -3.28. The van der Waals surface area contributed by atoms with Gasteiger partial charge in [-0.05, 0) is 44.2 Å². The second-order valence-electron chi connectivity index (χ2n) is 6.60. The van der Waals surface area contributed by atoms with E-state index >= 15 is 0 Å². The van der Waals surface area contributed by atoms with E-state index in [9.17, 15) is 18.5 Å². The van der Waals surface area contributed by atoms with E-state index in [0.29, 0.717) is 16.9 Å². The number of Topliss-reactive ketones (excluding diaryl/α,β-unsaturated/α-hetero) is 1. The van der Waals surface area contributed by atoms with Crippen molar-refractivity contribution in [2.75, 3.05) is 18.4 Å². The lowest BCUT2D eigenvalue weighted by Crippen LogP contribution is -2.29. The number of rotatable bonds is 7. The zero-order valence-corrected chi connectivity index (χ0v) is 16.9. The molecule has 2 aromatic carbocycles. The van der Waals surface area contributed by atoms with Gasteiger partial charge < -0.3 is 5.32 Å². The number of ketones is 1. The maximum Gasteiger partial charge on any atom is 0.240 e. The van der Waals surface area contributed by atoms with E-state index in [4.69, 9.17) is 0 Å². The molecule has 2 N–H and O–H groups in total. The number of benzene rings is 2. The predicted molar refractivity (Wildman–Crippen MR) is 111 cm³/mol. The van der Waals surface area contributed by atoms with Crippen molar-refractivity contribution < 1.29 is 13.2 Å². The highest BCUT2D eigenvalue weighted by Gasteiger charge is 2.14. The van der Waals surface area contributed by atoms with Gasteiger partial charge in [0.15, 0.2) is 5.78 Å². The molecule has 0 fully saturated rings. The lowest BCUT2D eigenvalue weighted by atomic mass is 10.1. The highest BCUT2D eigenvalue weighted by Crippen LogP contribution is 2.21. The molecule has 0 spiro atoms. The van der Waals surface area contributed by atoms with Crippen LogP contribution in [0, 0.1) is 18.3 Å². The van der Waals surface area contributed by atoms with E-state index in [1.54, 1.807) is 6.07 Å². The zero-order chi connectivity index (χ0) is 21.0. The number of nitrogens with one attached hydrogen (secondary N) is 2. The van der Waals surface area contributed by atoms with E-state index in [1.807, 2.05) is 25.1 Å². The summed E-state index contributed by atoms with van der Waals surface area (Å²) in [6.45, 7) is 3.75. The SMILES string of the molecule is CC(=O)c1ccc(S(=O)(=O)NCCNc2nc3ccc(C)cc3cc2C#N)cc1. The average molecular weight is 408 g/mol. The van der Waals surface area contributed by atoms with E-state index in [-0.39, 0.29) is 23.8 Å². The first-order valence-corrected chi connectivity index (χ1v) is 10.4. The number of aromatic nitrogens is 1. The summed E-state index contributed by atoms with van der Waals surface area (Å²) in [5.74, 6) is 0.284. The molecule has 3 rings (SSSR count). The number of hydrogen-bond donors (Lipinski definition) is 2. The van der Waals surface area contributed by atoms with Crippen molar-refractivity contribution in [2.45, 2.75) is 18.7 Å². The summed E-state index contributed by atoms with van der Waals surface area (Å²) in [5.41, 5.74) is 2.68. The Bertz CT molecular complexity index is 1210. The minimum atomic E-state index is -3.70. The van der Waals surface area contributed by atoms with Crippen LogP contribution in [-0.4, -0.2) is 32.3 Å². The van der Waals surface area contributed by atoms with E-state index < -0.39 is 10.0 Å². The summed E-state index contributed by atoms with van der Waals surface area (Å²) < 4.78 is 27.2. The molecule has 3 aromatic rings. The Morgan fingerprint density at radius 2 is 1.83 bits per heavy atom. The van der Waals surface area contributed by atoms with Crippen LogP contribution in [-0.2, 0) is 10.0 Å². The van der Waals surface area contributed by atoms with Crippen LogP contribution in [0.5, 0.6) is 0 Å². The van der Waals surface area contributed by atoms with Gasteiger partial charge in [0.25, 0.3) is 0 Å². The summed E-state index contributed by atoms with van der Waals surface area (Å²) in [4.78, 5) is 15.8. The monoisotopic (exact) mass is 408 g/mol.